The van der Waals surface area contributed by atoms with Crippen molar-refractivity contribution in [1.29, 1.82) is 0 Å². The number of carbonyl (C=O) groups excluding carboxylic acids is 1. The second kappa shape index (κ2) is 12.5. The van der Waals surface area contributed by atoms with Gasteiger partial charge in [0.25, 0.3) is 0 Å². The number of hydrogen-bond donors (Lipinski definition) is 0. The molecule has 4 rings (SSSR count). The van der Waals surface area contributed by atoms with Gasteiger partial charge in [0.05, 0.1) is 20.3 Å². The van der Waals surface area contributed by atoms with Gasteiger partial charge in [-0.05, 0) is 37.1 Å². The monoisotopic (exact) mass is 505 g/mol. The number of piperazine rings is 1. The van der Waals surface area contributed by atoms with E-state index in [2.05, 4.69) is 39.0 Å². The minimum absolute atomic E-state index is 0.170. The first-order valence-electron chi connectivity index (χ1n) is 12.5. The highest BCUT2D eigenvalue weighted by atomic mass is 16.5. The summed E-state index contributed by atoms with van der Waals surface area (Å²) in [6.07, 6.45) is 1.56. The lowest BCUT2D eigenvalue weighted by Crippen LogP contribution is -2.46. The molecule has 196 valence electrons. The molecular formula is C29H35N3O5. The molecule has 2 aromatic carbocycles. The Morgan fingerprint density at radius 3 is 2.24 bits per heavy atom. The largest absolute Gasteiger partial charge is 0.496 e. The van der Waals surface area contributed by atoms with Crippen LogP contribution in [0.3, 0.4) is 0 Å². The third kappa shape index (κ3) is 7.13. The lowest BCUT2D eigenvalue weighted by atomic mass is 10.1. The van der Waals surface area contributed by atoms with E-state index in [4.69, 9.17) is 18.9 Å². The fourth-order valence-corrected chi connectivity index (χ4v) is 4.31. The van der Waals surface area contributed by atoms with Gasteiger partial charge in [-0.25, -0.2) is 9.78 Å². The van der Waals surface area contributed by atoms with Crippen LogP contribution in [0.4, 0.5) is 5.82 Å². The van der Waals surface area contributed by atoms with Gasteiger partial charge >= 0.3 is 5.97 Å². The highest BCUT2D eigenvalue weighted by Crippen LogP contribution is 2.28. The van der Waals surface area contributed by atoms with Crippen LogP contribution in [0.2, 0.25) is 0 Å². The van der Waals surface area contributed by atoms with Gasteiger partial charge in [-0.2, -0.15) is 0 Å². The van der Waals surface area contributed by atoms with Crippen molar-refractivity contribution in [3.05, 3.63) is 77.5 Å². The summed E-state index contributed by atoms with van der Waals surface area (Å²) in [5, 5.41) is 0. The van der Waals surface area contributed by atoms with Gasteiger partial charge in [0.2, 0.25) is 0 Å². The van der Waals surface area contributed by atoms with Gasteiger partial charge in [0.15, 0.2) is 0 Å². The summed E-state index contributed by atoms with van der Waals surface area (Å²) in [7, 11) is 3.25. The number of carbonyl (C=O) groups is 1. The molecule has 0 spiro atoms. The molecule has 37 heavy (non-hydrogen) atoms. The minimum atomic E-state index is -0.327. The Bertz CT molecular complexity index is 1170. The molecule has 0 aliphatic carbocycles. The normalized spacial score (nSPS) is 13.9. The molecule has 3 aromatic rings. The van der Waals surface area contributed by atoms with Gasteiger partial charge in [-0.15, -0.1) is 0 Å². The van der Waals surface area contributed by atoms with Gasteiger partial charge in [-0.3, -0.25) is 4.90 Å². The number of aromatic nitrogens is 1. The van der Waals surface area contributed by atoms with Crippen molar-refractivity contribution in [2.75, 3.05) is 45.3 Å². The molecule has 0 N–H and O–H groups in total. The fourth-order valence-electron chi connectivity index (χ4n) is 4.31. The first-order chi connectivity index (χ1) is 17.9. The SMILES string of the molecule is COc1cc(OC)cc(OCc2cccc(CN3CCN(c4ncccc4C(=O)OC(C)C)CC3)c2)c1. The Morgan fingerprint density at radius 2 is 1.57 bits per heavy atom. The zero-order valence-corrected chi connectivity index (χ0v) is 22.0. The fraction of sp³-hybridized carbons (Fsp3) is 0.379. The number of hydrogen-bond acceptors (Lipinski definition) is 8. The van der Waals surface area contributed by atoms with Crippen molar-refractivity contribution in [2.24, 2.45) is 0 Å². The van der Waals surface area contributed by atoms with E-state index in [1.54, 1.807) is 32.5 Å². The summed E-state index contributed by atoms with van der Waals surface area (Å²) in [5.74, 6) is 2.45. The Morgan fingerprint density at radius 1 is 0.892 bits per heavy atom. The average molecular weight is 506 g/mol. The van der Waals surface area contributed by atoms with Crippen LogP contribution < -0.4 is 19.1 Å². The molecular weight excluding hydrogens is 470 g/mol. The molecule has 0 atom stereocenters. The van der Waals surface area contributed by atoms with E-state index in [1.165, 1.54) is 5.56 Å². The van der Waals surface area contributed by atoms with Crippen molar-refractivity contribution < 1.29 is 23.7 Å². The second-order valence-corrected chi connectivity index (χ2v) is 9.25. The number of ether oxygens (including phenoxy) is 4. The lowest BCUT2D eigenvalue weighted by Gasteiger charge is -2.36. The maximum absolute atomic E-state index is 12.5. The van der Waals surface area contributed by atoms with Crippen LogP contribution >= 0.6 is 0 Å². The second-order valence-electron chi connectivity index (χ2n) is 9.25. The number of rotatable bonds is 10. The molecule has 1 fully saturated rings. The molecule has 1 aliphatic rings. The van der Waals surface area contributed by atoms with Crippen molar-refractivity contribution >= 4 is 11.8 Å². The summed E-state index contributed by atoms with van der Waals surface area (Å²) in [6.45, 7) is 8.33. The summed E-state index contributed by atoms with van der Waals surface area (Å²) in [5.41, 5.74) is 2.85. The van der Waals surface area contributed by atoms with Crippen molar-refractivity contribution in [3.8, 4) is 17.2 Å². The quantitative estimate of drug-likeness (QED) is 0.371. The Hall–Kier alpha value is -3.78. The van der Waals surface area contributed by atoms with Gasteiger partial charge in [0, 0.05) is 57.1 Å². The molecule has 1 aromatic heterocycles. The molecule has 0 amide bonds. The zero-order valence-electron chi connectivity index (χ0n) is 22.0. The van der Waals surface area contributed by atoms with Crippen molar-refractivity contribution in [2.45, 2.75) is 33.1 Å². The summed E-state index contributed by atoms with van der Waals surface area (Å²) < 4.78 is 22.1. The van der Waals surface area contributed by atoms with E-state index < -0.39 is 0 Å². The molecule has 8 nitrogen and oxygen atoms in total. The van der Waals surface area contributed by atoms with E-state index in [9.17, 15) is 4.79 Å². The predicted molar refractivity (Wildman–Crippen MR) is 143 cm³/mol. The van der Waals surface area contributed by atoms with Crippen LogP contribution in [0.15, 0.2) is 60.8 Å². The number of nitrogens with zero attached hydrogens (tertiary/aromatic N) is 3. The number of pyridine rings is 1. The van der Waals surface area contributed by atoms with E-state index in [-0.39, 0.29) is 12.1 Å². The lowest BCUT2D eigenvalue weighted by molar-refractivity contribution is 0.0378. The van der Waals surface area contributed by atoms with Crippen LogP contribution in [-0.2, 0) is 17.9 Å². The highest BCUT2D eigenvalue weighted by Gasteiger charge is 2.23. The zero-order chi connectivity index (χ0) is 26.2. The Balaban J connectivity index is 1.33. The van der Waals surface area contributed by atoms with Crippen LogP contribution in [-0.4, -0.2) is 62.4 Å². The maximum Gasteiger partial charge on any atom is 0.342 e. The molecule has 1 saturated heterocycles. The molecule has 8 heteroatoms. The standard InChI is InChI=1S/C29H35N3O5/c1-21(2)37-29(33)27-9-6-10-30-28(27)32-13-11-31(12-14-32)19-22-7-5-8-23(15-22)20-36-26-17-24(34-3)16-25(18-26)35-4/h5-10,15-18,21H,11-14,19-20H2,1-4H3. The number of esters is 1. The third-order valence-electron chi connectivity index (χ3n) is 6.15. The number of methoxy groups -OCH3 is 2. The summed E-state index contributed by atoms with van der Waals surface area (Å²) >= 11 is 0. The number of benzene rings is 2. The van der Waals surface area contributed by atoms with E-state index in [0.717, 1.165) is 38.3 Å². The molecule has 0 unspecified atom stereocenters. The van der Waals surface area contributed by atoms with Crippen LogP contribution in [0.1, 0.15) is 35.3 Å². The van der Waals surface area contributed by atoms with Crippen LogP contribution in [0, 0.1) is 0 Å². The van der Waals surface area contributed by atoms with Gasteiger partial charge in [-0.1, -0.05) is 24.3 Å². The minimum Gasteiger partial charge on any atom is -0.496 e. The third-order valence-corrected chi connectivity index (χ3v) is 6.15. The molecule has 0 bridgehead atoms. The first-order valence-corrected chi connectivity index (χ1v) is 12.5. The topological polar surface area (TPSA) is 73.4 Å². The van der Waals surface area contributed by atoms with E-state index >= 15 is 0 Å². The van der Waals surface area contributed by atoms with Crippen molar-refractivity contribution in [3.63, 3.8) is 0 Å². The first kappa shape index (κ1) is 26.3. The van der Waals surface area contributed by atoms with Crippen LogP contribution in [0.25, 0.3) is 0 Å². The molecule has 0 radical (unpaired) electrons. The molecule has 0 saturated carbocycles. The Labute approximate surface area is 218 Å². The average Bonchev–Trinajstić information content (AvgIpc) is 2.92. The molecule has 2 heterocycles. The summed E-state index contributed by atoms with van der Waals surface area (Å²) in [4.78, 5) is 21.6. The highest BCUT2D eigenvalue weighted by molar-refractivity contribution is 5.94. The van der Waals surface area contributed by atoms with Crippen molar-refractivity contribution in [1.82, 2.24) is 9.88 Å². The van der Waals surface area contributed by atoms with Gasteiger partial charge in [0.1, 0.15) is 35.2 Å². The maximum atomic E-state index is 12.5. The predicted octanol–water partition coefficient (Wildman–Crippen LogP) is 4.57. The molecule has 1 aliphatic heterocycles. The van der Waals surface area contributed by atoms with E-state index in [1.807, 2.05) is 32.0 Å². The smallest absolute Gasteiger partial charge is 0.342 e. The summed E-state index contributed by atoms with van der Waals surface area (Å²) in [6, 6.07) is 17.5. The Kier molecular flexibility index (Phi) is 8.85. The number of anilines is 1. The van der Waals surface area contributed by atoms with Crippen LogP contribution in [0.5, 0.6) is 17.2 Å². The van der Waals surface area contributed by atoms with Gasteiger partial charge < -0.3 is 23.8 Å². The van der Waals surface area contributed by atoms with E-state index in [0.29, 0.717) is 35.2 Å².